The molecule has 0 saturated heterocycles. The molecule has 24 heavy (non-hydrogen) atoms. The molecule has 2 heterocycles. The molecule has 3 rings (SSSR count). The largest absolute Gasteiger partial charge is 0.489 e. The highest BCUT2D eigenvalue weighted by molar-refractivity contribution is 5.62. The Morgan fingerprint density at radius 2 is 1.92 bits per heavy atom. The first-order valence-corrected chi connectivity index (χ1v) is 8.62. The lowest BCUT2D eigenvalue weighted by molar-refractivity contribution is 0.343. The van der Waals surface area contributed by atoms with Crippen molar-refractivity contribution < 1.29 is 4.74 Å². The Bertz CT molecular complexity index is 690. The van der Waals surface area contributed by atoms with Gasteiger partial charge >= 0.3 is 0 Å². The van der Waals surface area contributed by atoms with Crippen LogP contribution in [0.1, 0.15) is 25.0 Å². The molecule has 0 radical (unpaired) electrons. The van der Waals surface area contributed by atoms with Crippen molar-refractivity contribution in [2.45, 2.75) is 20.4 Å². The van der Waals surface area contributed by atoms with Crippen molar-refractivity contribution in [1.82, 2.24) is 10.3 Å². The Labute approximate surface area is 144 Å². The highest BCUT2D eigenvalue weighted by Gasteiger charge is 2.10. The van der Waals surface area contributed by atoms with E-state index in [1.165, 1.54) is 11.1 Å². The van der Waals surface area contributed by atoms with E-state index in [0.717, 1.165) is 43.3 Å². The molecule has 1 aromatic heterocycles. The highest BCUT2D eigenvalue weighted by Crippen LogP contribution is 2.25. The third-order valence-corrected chi connectivity index (χ3v) is 4.27. The van der Waals surface area contributed by atoms with E-state index in [0.29, 0.717) is 6.61 Å². The summed E-state index contributed by atoms with van der Waals surface area (Å²) in [5.41, 5.74) is 3.62. The number of nitrogens with one attached hydrogen (secondary N) is 1. The summed E-state index contributed by atoms with van der Waals surface area (Å²) in [6.07, 6.45) is 4.18. The summed E-state index contributed by atoms with van der Waals surface area (Å²) in [5, 5.41) is 3.48. The number of nitrogens with zero attached hydrogens (tertiary/aromatic N) is 2. The molecular weight excluding hydrogens is 298 g/mol. The molecule has 0 saturated carbocycles. The zero-order valence-corrected chi connectivity index (χ0v) is 14.5. The number of benzene rings is 1. The minimum absolute atomic E-state index is 0.656. The summed E-state index contributed by atoms with van der Waals surface area (Å²) < 4.78 is 5.78. The van der Waals surface area contributed by atoms with E-state index in [1.54, 1.807) is 0 Å². The minimum Gasteiger partial charge on any atom is -0.489 e. The monoisotopic (exact) mass is 323 g/mol. The van der Waals surface area contributed by atoms with Gasteiger partial charge in [0.25, 0.3) is 0 Å². The van der Waals surface area contributed by atoms with Crippen LogP contribution in [0.2, 0.25) is 0 Å². The number of rotatable bonds is 7. The van der Waals surface area contributed by atoms with Crippen molar-refractivity contribution in [1.29, 1.82) is 0 Å². The van der Waals surface area contributed by atoms with Gasteiger partial charge in [0.1, 0.15) is 18.2 Å². The Hall–Kier alpha value is -2.33. The van der Waals surface area contributed by atoms with E-state index in [9.17, 15) is 0 Å². The predicted octanol–water partition coefficient (Wildman–Crippen LogP) is 3.49. The van der Waals surface area contributed by atoms with Crippen molar-refractivity contribution in [3.63, 3.8) is 0 Å². The Morgan fingerprint density at radius 1 is 1.08 bits per heavy atom. The quantitative estimate of drug-likeness (QED) is 0.846. The van der Waals surface area contributed by atoms with Crippen LogP contribution in [-0.2, 0) is 6.54 Å². The van der Waals surface area contributed by atoms with Gasteiger partial charge in [-0.1, -0.05) is 24.3 Å². The van der Waals surface area contributed by atoms with Gasteiger partial charge in [-0.05, 0) is 43.2 Å². The Kier molecular flexibility index (Phi) is 5.49. The van der Waals surface area contributed by atoms with Crippen molar-refractivity contribution in [2.75, 3.05) is 31.1 Å². The Morgan fingerprint density at radius 3 is 2.67 bits per heavy atom. The normalized spacial score (nSPS) is 13.0. The molecule has 4 nitrogen and oxygen atoms in total. The van der Waals surface area contributed by atoms with Crippen LogP contribution in [0.5, 0.6) is 5.75 Å². The number of hydrogen-bond donors (Lipinski definition) is 1. The van der Waals surface area contributed by atoms with E-state index in [2.05, 4.69) is 53.3 Å². The molecule has 0 spiro atoms. The number of pyridine rings is 1. The van der Waals surface area contributed by atoms with Gasteiger partial charge in [0.05, 0.1) is 0 Å². The van der Waals surface area contributed by atoms with Crippen LogP contribution < -0.4 is 15.0 Å². The number of fused-ring (bicyclic) bond motifs is 1. The Balaban J connectivity index is 1.53. The summed E-state index contributed by atoms with van der Waals surface area (Å²) in [4.78, 5) is 6.81. The summed E-state index contributed by atoms with van der Waals surface area (Å²) in [6.45, 7) is 8.56. The first-order chi connectivity index (χ1) is 11.8. The second kappa shape index (κ2) is 7.97. The maximum Gasteiger partial charge on any atom is 0.128 e. The van der Waals surface area contributed by atoms with Crippen molar-refractivity contribution >= 4 is 11.9 Å². The van der Waals surface area contributed by atoms with Crippen LogP contribution in [0.3, 0.4) is 0 Å². The van der Waals surface area contributed by atoms with Crippen LogP contribution in [0.15, 0.2) is 48.2 Å². The molecule has 1 N–H and O–H groups in total. The standard InChI is InChI=1S/C20H25N3O/c1-3-23(4-2)20-10-9-16(14-22-20)12-21-13-17-11-18-7-5-6-8-19(18)24-15-17/h5-11,14,21H,3-4,12-13,15H2,1-2H3. The van der Waals surface area contributed by atoms with E-state index in [-0.39, 0.29) is 0 Å². The molecule has 0 amide bonds. The maximum absolute atomic E-state index is 5.78. The van der Waals surface area contributed by atoms with Crippen LogP contribution in [0.4, 0.5) is 5.82 Å². The molecule has 0 atom stereocenters. The summed E-state index contributed by atoms with van der Waals surface area (Å²) in [6, 6.07) is 12.4. The van der Waals surface area contributed by atoms with Gasteiger partial charge in [-0.15, -0.1) is 0 Å². The zero-order chi connectivity index (χ0) is 16.8. The molecule has 1 aliphatic rings. The molecule has 1 aliphatic heterocycles. The van der Waals surface area contributed by atoms with Gasteiger partial charge in [-0.25, -0.2) is 4.98 Å². The van der Waals surface area contributed by atoms with Crippen LogP contribution in [0, 0.1) is 0 Å². The molecule has 0 bridgehead atoms. The lowest BCUT2D eigenvalue weighted by Gasteiger charge is -2.20. The number of ether oxygens (including phenoxy) is 1. The van der Waals surface area contributed by atoms with Gasteiger partial charge in [0.15, 0.2) is 0 Å². The third-order valence-electron chi connectivity index (χ3n) is 4.27. The number of hydrogen-bond acceptors (Lipinski definition) is 4. The fourth-order valence-electron chi connectivity index (χ4n) is 2.89. The summed E-state index contributed by atoms with van der Waals surface area (Å²) in [7, 11) is 0. The second-order valence-corrected chi connectivity index (χ2v) is 5.93. The third kappa shape index (κ3) is 3.95. The number of para-hydroxylation sites is 1. The van der Waals surface area contributed by atoms with Gasteiger partial charge in [0, 0.05) is 37.9 Å². The lowest BCUT2D eigenvalue weighted by atomic mass is 10.1. The molecular formula is C20H25N3O. The average molecular weight is 323 g/mol. The van der Waals surface area contributed by atoms with E-state index in [4.69, 9.17) is 4.74 Å². The number of aromatic nitrogens is 1. The molecule has 0 fully saturated rings. The fraction of sp³-hybridized carbons (Fsp3) is 0.350. The summed E-state index contributed by atoms with van der Waals surface area (Å²) in [5.74, 6) is 2.01. The fourth-order valence-corrected chi connectivity index (χ4v) is 2.89. The smallest absolute Gasteiger partial charge is 0.128 e. The highest BCUT2D eigenvalue weighted by atomic mass is 16.5. The van der Waals surface area contributed by atoms with Crippen LogP contribution in [-0.4, -0.2) is 31.2 Å². The predicted molar refractivity (Wildman–Crippen MR) is 99.4 cm³/mol. The van der Waals surface area contributed by atoms with Gasteiger partial charge in [-0.2, -0.15) is 0 Å². The summed E-state index contributed by atoms with van der Waals surface area (Å²) >= 11 is 0. The van der Waals surface area contributed by atoms with Crippen molar-refractivity contribution in [3.8, 4) is 5.75 Å². The molecule has 2 aromatic rings. The van der Waals surface area contributed by atoms with Gasteiger partial charge in [-0.3, -0.25) is 0 Å². The molecule has 1 aromatic carbocycles. The molecule has 0 unspecified atom stereocenters. The molecule has 126 valence electrons. The van der Waals surface area contributed by atoms with Crippen molar-refractivity contribution in [2.24, 2.45) is 0 Å². The maximum atomic E-state index is 5.78. The van der Waals surface area contributed by atoms with E-state index < -0.39 is 0 Å². The lowest BCUT2D eigenvalue weighted by Crippen LogP contribution is -2.23. The first kappa shape index (κ1) is 16.5. The average Bonchev–Trinajstić information content (AvgIpc) is 2.64. The van der Waals surface area contributed by atoms with E-state index >= 15 is 0 Å². The minimum atomic E-state index is 0.656. The molecule has 0 aliphatic carbocycles. The number of anilines is 1. The zero-order valence-electron chi connectivity index (χ0n) is 14.5. The first-order valence-electron chi connectivity index (χ1n) is 8.62. The second-order valence-electron chi connectivity index (χ2n) is 5.93. The van der Waals surface area contributed by atoms with Crippen molar-refractivity contribution in [3.05, 3.63) is 59.3 Å². The topological polar surface area (TPSA) is 37.4 Å². The van der Waals surface area contributed by atoms with Crippen LogP contribution >= 0.6 is 0 Å². The van der Waals surface area contributed by atoms with Gasteiger partial charge in [0.2, 0.25) is 0 Å². The van der Waals surface area contributed by atoms with E-state index in [1.807, 2.05) is 24.4 Å². The SMILES string of the molecule is CCN(CC)c1ccc(CNCC2=Cc3ccccc3OC2)cn1. The molecule has 4 heteroatoms. The van der Waals surface area contributed by atoms with Crippen LogP contribution in [0.25, 0.3) is 6.08 Å². The van der Waals surface area contributed by atoms with Gasteiger partial charge < -0.3 is 15.0 Å².